The first-order valence-corrected chi connectivity index (χ1v) is 7.44. The monoisotopic (exact) mass is 305 g/mol. The summed E-state index contributed by atoms with van der Waals surface area (Å²) in [5.41, 5.74) is 6.24. The SMILES string of the molecule is CC(C)N(C(=O)CN1CCC(N)C(C)(C)C1)C(C)C.Cl. The first-order chi connectivity index (χ1) is 8.65. The Labute approximate surface area is 130 Å². The van der Waals surface area contributed by atoms with Crippen molar-refractivity contribution in [2.45, 2.75) is 66.1 Å². The highest BCUT2D eigenvalue weighted by Gasteiger charge is 2.34. The van der Waals surface area contributed by atoms with Crippen LogP contribution in [0.25, 0.3) is 0 Å². The van der Waals surface area contributed by atoms with E-state index in [0.717, 1.165) is 19.5 Å². The van der Waals surface area contributed by atoms with Gasteiger partial charge in [0.15, 0.2) is 0 Å². The van der Waals surface area contributed by atoms with Crippen LogP contribution in [0.5, 0.6) is 0 Å². The minimum atomic E-state index is 0. The average Bonchev–Trinajstić information content (AvgIpc) is 2.21. The zero-order chi connectivity index (χ0) is 14.8. The number of nitrogens with zero attached hydrogens (tertiary/aromatic N) is 2. The lowest BCUT2D eigenvalue weighted by atomic mass is 9.80. The van der Waals surface area contributed by atoms with Gasteiger partial charge in [-0.1, -0.05) is 13.8 Å². The third-order valence-electron chi connectivity index (χ3n) is 4.15. The highest BCUT2D eigenvalue weighted by Crippen LogP contribution is 2.27. The smallest absolute Gasteiger partial charge is 0.237 e. The van der Waals surface area contributed by atoms with Crippen LogP contribution in [-0.4, -0.2) is 53.5 Å². The van der Waals surface area contributed by atoms with E-state index in [2.05, 4.69) is 46.4 Å². The second-order valence-electron chi connectivity index (χ2n) is 7.08. The molecule has 1 rings (SSSR count). The zero-order valence-electron chi connectivity index (χ0n) is 13.8. The Morgan fingerprint density at radius 2 is 1.80 bits per heavy atom. The van der Waals surface area contributed by atoms with Crippen molar-refractivity contribution in [1.82, 2.24) is 9.80 Å². The second kappa shape index (κ2) is 7.62. The van der Waals surface area contributed by atoms with Crippen LogP contribution < -0.4 is 5.73 Å². The van der Waals surface area contributed by atoms with Crippen molar-refractivity contribution in [1.29, 1.82) is 0 Å². The predicted molar refractivity (Wildman–Crippen MR) is 87.2 cm³/mol. The van der Waals surface area contributed by atoms with Crippen molar-refractivity contribution in [2.75, 3.05) is 19.6 Å². The van der Waals surface area contributed by atoms with Crippen LogP contribution in [-0.2, 0) is 4.79 Å². The Kier molecular flexibility index (Phi) is 7.50. The normalized spacial score (nSPS) is 22.8. The number of likely N-dealkylation sites (tertiary alicyclic amines) is 1. The molecule has 0 aliphatic carbocycles. The van der Waals surface area contributed by atoms with Gasteiger partial charge in [-0.3, -0.25) is 9.69 Å². The molecule has 1 aliphatic rings. The molecule has 1 aliphatic heterocycles. The van der Waals surface area contributed by atoms with Gasteiger partial charge in [0, 0.05) is 31.2 Å². The molecule has 1 heterocycles. The van der Waals surface area contributed by atoms with Crippen molar-refractivity contribution in [3.8, 4) is 0 Å². The number of nitrogens with two attached hydrogens (primary N) is 1. The fourth-order valence-corrected chi connectivity index (χ4v) is 3.07. The van der Waals surface area contributed by atoms with Crippen molar-refractivity contribution in [2.24, 2.45) is 11.1 Å². The minimum absolute atomic E-state index is 0. The van der Waals surface area contributed by atoms with Crippen LogP contribution in [0.3, 0.4) is 0 Å². The van der Waals surface area contributed by atoms with Gasteiger partial charge in [-0.15, -0.1) is 12.4 Å². The Balaban J connectivity index is 0.00000361. The fourth-order valence-electron chi connectivity index (χ4n) is 3.07. The molecule has 5 heteroatoms. The predicted octanol–water partition coefficient (Wildman–Crippen LogP) is 2.11. The number of carbonyl (C=O) groups excluding carboxylic acids is 1. The fraction of sp³-hybridized carbons (Fsp3) is 0.933. The molecule has 0 bridgehead atoms. The van der Waals surface area contributed by atoms with Crippen LogP contribution in [0.15, 0.2) is 0 Å². The van der Waals surface area contributed by atoms with Crippen LogP contribution in [0, 0.1) is 5.41 Å². The van der Waals surface area contributed by atoms with Crippen LogP contribution in [0.4, 0.5) is 0 Å². The minimum Gasteiger partial charge on any atom is -0.337 e. The van der Waals surface area contributed by atoms with E-state index in [1.165, 1.54) is 0 Å². The summed E-state index contributed by atoms with van der Waals surface area (Å²) in [5, 5.41) is 0. The molecular formula is C15H32ClN3O. The van der Waals surface area contributed by atoms with Gasteiger partial charge in [0.2, 0.25) is 5.91 Å². The summed E-state index contributed by atoms with van der Waals surface area (Å²) in [7, 11) is 0. The van der Waals surface area contributed by atoms with Crippen molar-refractivity contribution < 1.29 is 4.79 Å². The first kappa shape index (κ1) is 19.7. The lowest BCUT2D eigenvalue weighted by Crippen LogP contribution is -2.55. The number of halogens is 1. The topological polar surface area (TPSA) is 49.6 Å². The van der Waals surface area contributed by atoms with E-state index >= 15 is 0 Å². The van der Waals surface area contributed by atoms with Gasteiger partial charge in [-0.25, -0.2) is 0 Å². The van der Waals surface area contributed by atoms with E-state index in [0.29, 0.717) is 6.54 Å². The third-order valence-corrected chi connectivity index (χ3v) is 4.15. The number of hydrogen-bond donors (Lipinski definition) is 1. The number of amides is 1. The lowest BCUT2D eigenvalue weighted by molar-refractivity contribution is -0.136. The van der Waals surface area contributed by atoms with E-state index in [9.17, 15) is 4.79 Å². The summed E-state index contributed by atoms with van der Waals surface area (Å²) in [6.45, 7) is 15.1. The molecule has 1 saturated heterocycles. The van der Waals surface area contributed by atoms with Crippen LogP contribution >= 0.6 is 12.4 Å². The van der Waals surface area contributed by atoms with Gasteiger partial charge in [-0.05, 0) is 39.5 Å². The molecule has 120 valence electrons. The maximum absolute atomic E-state index is 12.4. The van der Waals surface area contributed by atoms with E-state index in [1.54, 1.807) is 0 Å². The van der Waals surface area contributed by atoms with Gasteiger partial charge >= 0.3 is 0 Å². The molecule has 2 N–H and O–H groups in total. The summed E-state index contributed by atoms with van der Waals surface area (Å²) in [5.74, 6) is 0.233. The van der Waals surface area contributed by atoms with E-state index < -0.39 is 0 Å². The summed E-state index contributed by atoms with van der Waals surface area (Å²) >= 11 is 0. The summed E-state index contributed by atoms with van der Waals surface area (Å²) < 4.78 is 0. The molecule has 1 amide bonds. The Morgan fingerprint density at radius 3 is 2.20 bits per heavy atom. The van der Waals surface area contributed by atoms with Crippen LogP contribution in [0.1, 0.15) is 48.0 Å². The number of hydrogen-bond acceptors (Lipinski definition) is 3. The molecule has 4 nitrogen and oxygen atoms in total. The van der Waals surface area contributed by atoms with Gasteiger partial charge in [-0.2, -0.15) is 0 Å². The molecular weight excluding hydrogens is 274 g/mol. The quantitative estimate of drug-likeness (QED) is 0.865. The maximum atomic E-state index is 12.4. The zero-order valence-corrected chi connectivity index (χ0v) is 14.7. The standard InChI is InChI=1S/C15H31N3O.ClH/c1-11(2)18(12(3)4)14(19)9-17-8-7-13(16)15(5,6)10-17;/h11-13H,7-10,16H2,1-6H3;1H. The van der Waals surface area contributed by atoms with Crippen molar-refractivity contribution >= 4 is 18.3 Å². The first-order valence-electron chi connectivity index (χ1n) is 7.44. The molecule has 1 unspecified atom stereocenters. The highest BCUT2D eigenvalue weighted by atomic mass is 35.5. The third kappa shape index (κ3) is 4.90. The lowest BCUT2D eigenvalue weighted by Gasteiger charge is -2.43. The van der Waals surface area contributed by atoms with Gasteiger partial charge in [0.05, 0.1) is 6.54 Å². The molecule has 0 aromatic heterocycles. The van der Waals surface area contributed by atoms with E-state index in [1.807, 2.05) is 4.90 Å². The second-order valence-corrected chi connectivity index (χ2v) is 7.08. The van der Waals surface area contributed by atoms with Crippen molar-refractivity contribution in [3.05, 3.63) is 0 Å². The summed E-state index contributed by atoms with van der Waals surface area (Å²) in [6.07, 6.45) is 0.976. The number of rotatable bonds is 4. The average molecular weight is 306 g/mol. The summed E-state index contributed by atoms with van der Waals surface area (Å²) in [6, 6.07) is 0.755. The highest BCUT2D eigenvalue weighted by molar-refractivity contribution is 5.85. The molecule has 1 atom stereocenters. The molecule has 0 radical (unpaired) electrons. The van der Waals surface area contributed by atoms with Gasteiger partial charge in [0.1, 0.15) is 0 Å². The van der Waals surface area contributed by atoms with E-state index in [4.69, 9.17) is 5.73 Å². The van der Waals surface area contributed by atoms with Gasteiger partial charge in [0.25, 0.3) is 0 Å². The van der Waals surface area contributed by atoms with Gasteiger partial charge < -0.3 is 10.6 Å². The van der Waals surface area contributed by atoms with Crippen molar-refractivity contribution in [3.63, 3.8) is 0 Å². The Hall–Kier alpha value is -0.320. The molecule has 0 saturated carbocycles. The van der Waals surface area contributed by atoms with E-state index in [-0.39, 0.29) is 41.9 Å². The maximum Gasteiger partial charge on any atom is 0.237 e. The molecule has 0 spiro atoms. The number of carbonyl (C=O) groups is 1. The number of piperidine rings is 1. The molecule has 1 fully saturated rings. The molecule has 0 aromatic rings. The largest absolute Gasteiger partial charge is 0.337 e. The van der Waals surface area contributed by atoms with Crippen LogP contribution in [0.2, 0.25) is 0 Å². The molecule has 0 aromatic carbocycles. The Bertz CT molecular complexity index is 310. The Morgan fingerprint density at radius 1 is 1.30 bits per heavy atom. The summed E-state index contributed by atoms with van der Waals surface area (Å²) in [4.78, 5) is 16.7. The molecule has 20 heavy (non-hydrogen) atoms.